The molecule has 0 bridgehead atoms. The zero-order valence-electron chi connectivity index (χ0n) is 7.80. The Morgan fingerprint density at radius 2 is 2.13 bits per heavy atom. The summed E-state index contributed by atoms with van der Waals surface area (Å²) in [5.41, 5.74) is 0. The molecule has 0 atom stereocenters. The monoisotopic (exact) mass is 235 g/mol. The fourth-order valence-electron chi connectivity index (χ4n) is 0.764. The molecule has 4 nitrogen and oxygen atoms in total. The standard InChI is InChI=1S/C8H8ClF2N3O/c1-2-8(10,11)7(15)14-6-5(9)12-3-4-13-6/h3-4H,2H2,1H3,(H,13,14,15). The van der Waals surface area contributed by atoms with Crippen LogP contribution in [0.15, 0.2) is 12.4 Å². The van der Waals surface area contributed by atoms with Crippen LogP contribution in [0.2, 0.25) is 5.15 Å². The molecule has 1 rings (SSSR count). The Labute approximate surface area is 89.7 Å². The van der Waals surface area contributed by atoms with Crippen molar-refractivity contribution in [3.63, 3.8) is 0 Å². The minimum Gasteiger partial charge on any atom is -0.303 e. The summed E-state index contributed by atoms with van der Waals surface area (Å²) < 4.78 is 25.7. The number of rotatable bonds is 3. The molecule has 0 radical (unpaired) electrons. The molecule has 7 heteroatoms. The van der Waals surface area contributed by atoms with Crippen molar-refractivity contribution in [1.29, 1.82) is 0 Å². The van der Waals surface area contributed by atoms with E-state index in [9.17, 15) is 13.6 Å². The molecule has 1 heterocycles. The lowest BCUT2D eigenvalue weighted by molar-refractivity contribution is -0.139. The highest BCUT2D eigenvalue weighted by molar-refractivity contribution is 6.32. The van der Waals surface area contributed by atoms with Gasteiger partial charge in [0, 0.05) is 18.8 Å². The molecule has 0 saturated carbocycles. The minimum absolute atomic E-state index is 0.127. The van der Waals surface area contributed by atoms with E-state index in [1.807, 2.05) is 5.32 Å². The lowest BCUT2D eigenvalue weighted by atomic mass is 10.2. The van der Waals surface area contributed by atoms with Gasteiger partial charge in [-0.15, -0.1) is 0 Å². The SMILES string of the molecule is CCC(F)(F)C(=O)Nc1nccnc1Cl. The topological polar surface area (TPSA) is 54.9 Å². The Bertz CT molecular complexity index is 373. The van der Waals surface area contributed by atoms with E-state index in [4.69, 9.17) is 11.6 Å². The Morgan fingerprint density at radius 1 is 1.53 bits per heavy atom. The normalized spacial score (nSPS) is 11.2. The van der Waals surface area contributed by atoms with Gasteiger partial charge in [0.2, 0.25) is 0 Å². The predicted molar refractivity (Wildman–Crippen MR) is 50.9 cm³/mol. The Balaban J connectivity index is 2.80. The van der Waals surface area contributed by atoms with Crippen LogP contribution in [-0.4, -0.2) is 21.8 Å². The van der Waals surface area contributed by atoms with E-state index in [0.29, 0.717) is 0 Å². The van der Waals surface area contributed by atoms with Crippen molar-refractivity contribution in [3.8, 4) is 0 Å². The summed E-state index contributed by atoms with van der Waals surface area (Å²) in [7, 11) is 0. The maximum absolute atomic E-state index is 12.9. The van der Waals surface area contributed by atoms with E-state index in [2.05, 4.69) is 9.97 Å². The average molecular weight is 236 g/mol. The Kier molecular flexibility index (Phi) is 3.52. The van der Waals surface area contributed by atoms with Crippen LogP contribution in [0.4, 0.5) is 14.6 Å². The van der Waals surface area contributed by atoms with Crippen LogP contribution >= 0.6 is 11.6 Å². The summed E-state index contributed by atoms with van der Waals surface area (Å²) in [6.07, 6.45) is 1.94. The number of nitrogens with zero attached hydrogens (tertiary/aromatic N) is 2. The molecule has 0 fully saturated rings. The molecule has 0 spiro atoms. The number of hydrogen-bond donors (Lipinski definition) is 1. The van der Waals surface area contributed by atoms with Gasteiger partial charge in [-0.25, -0.2) is 9.97 Å². The highest BCUT2D eigenvalue weighted by atomic mass is 35.5. The van der Waals surface area contributed by atoms with Crippen LogP contribution < -0.4 is 5.32 Å². The van der Waals surface area contributed by atoms with Crippen molar-refractivity contribution >= 4 is 23.3 Å². The van der Waals surface area contributed by atoms with Crippen molar-refractivity contribution in [2.75, 3.05) is 5.32 Å². The largest absolute Gasteiger partial charge is 0.324 e. The van der Waals surface area contributed by atoms with Crippen molar-refractivity contribution in [2.24, 2.45) is 0 Å². The highest BCUT2D eigenvalue weighted by Crippen LogP contribution is 2.21. The molecule has 82 valence electrons. The smallest absolute Gasteiger partial charge is 0.303 e. The van der Waals surface area contributed by atoms with Gasteiger partial charge in [-0.3, -0.25) is 4.79 Å². The Hall–Kier alpha value is -1.30. The van der Waals surface area contributed by atoms with E-state index in [1.54, 1.807) is 0 Å². The number of hydrogen-bond acceptors (Lipinski definition) is 3. The predicted octanol–water partition coefficient (Wildman–Crippen LogP) is 2.11. The maximum atomic E-state index is 12.9. The quantitative estimate of drug-likeness (QED) is 0.873. The van der Waals surface area contributed by atoms with Crippen LogP contribution in [0.1, 0.15) is 13.3 Å². The number of alkyl halides is 2. The lowest BCUT2D eigenvalue weighted by Crippen LogP contribution is -2.34. The fourth-order valence-corrected chi connectivity index (χ4v) is 0.917. The van der Waals surface area contributed by atoms with E-state index >= 15 is 0 Å². The molecule has 15 heavy (non-hydrogen) atoms. The number of halogens is 3. The molecule has 0 aromatic carbocycles. The first kappa shape index (κ1) is 11.8. The number of anilines is 1. The summed E-state index contributed by atoms with van der Waals surface area (Å²) in [5.74, 6) is -5.04. The molecule has 0 aliphatic rings. The lowest BCUT2D eigenvalue weighted by Gasteiger charge is -2.13. The summed E-state index contributed by atoms with van der Waals surface area (Å²) in [5, 5.41) is 1.78. The van der Waals surface area contributed by atoms with Gasteiger partial charge >= 0.3 is 5.92 Å². The molecule has 1 aromatic heterocycles. The molecule has 0 unspecified atom stereocenters. The first-order valence-electron chi connectivity index (χ1n) is 4.13. The third-order valence-corrected chi connectivity index (χ3v) is 1.94. The molecule has 1 amide bonds. The summed E-state index contributed by atoms with van der Waals surface area (Å²) in [6, 6.07) is 0. The molecule has 1 aromatic rings. The van der Waals surface area contributed by atoms with Gasteiger partial charge in [0.05, 0.1) is 0 Å². The zero-order valence-corrected chi connectivity index (χ0v) is 8.55. The van der Waals surface area contributed by atoms with Crippen molar-refractivity contribution in [2.45, 2.75) is 19.3 Å². The van der Waals surface area contributed by atoms with Crippen LogP contribution in [0.3, 0.4) is 0 Å². The van der Waals surface area contributed by atoms with E-state index in [0.717, 1.165) is 0 Å². The Morgan fingerprint density at radius 3 is 2.67 bits per heavy atom. The first-order valence-corrected chi connectivity index (χ1v) is 4.51. The second-order valence-electron chi connectivity index (χ2n) is 2.71. The molecule has 0 aliphatic carbocycles. The van der Waals surface area contributed by atoms with Gasteiger partial charge in [-0.2, -0.15) is 8.78 Å². The second-order valence-corrected chi connectivity index (χ2v) is 3.07. The molecule has 0 saturated heterocycles. The summed E-state index contributed by atoms with van der Waals surface area (Å²) in [6.45, 7) is 1.21. The van der Waals surface area contributed by atoms with Gasteiger partial charge in [-0.05, 0) is 0 Å². The van der Waals surface area contributed by atoms with Crippen molar-refractivity contribution in [1.82, 2.24) is 9.97 Å². The highest BCUT2D eigenvalue weighted by Gasteiger charge is 2.36. The summed E-state index contributed by atoms with van der Waals surface area (Å²) >= 11 is 5.53. The maximum Gasteiger partial charge on any atom is 0.324 e. The third kappa shape index (κ3) is 2.82. The van der Waals surface area contributed by atoms with Gasteiger partial charge in [-0.1, -0.05) is 18.5 Å². The first-order chi connectivity index (χ1) is 6.97. The van der Waals surface area contributed by atoms with Gasteiger partial charge in [0.1, 0.15) is 0 Å². The molecule has 0 aliphatic heterocycles. The number of amides is 1. The third-order valence-electron chi connectivity index (χ3n) is 1.66. The van der Waals surface area contributed by atoms with Gasteiger partial charge < -0.3 is 5.32 Å². The van der Waals surface area contributed by atoms with Gasteiger partial charge in [0.25, 0.3) is 5.91 Å². The van der Waals surface area contributed by atoms with Crippen molar-refractivity contribution < 1.29 is 13.6 Å². The van der Waals surface area contributed by atoms with Crippen LogP contribution in [0.5, 0.6) is 0 Å². The number of carbonyl (C=O) groups is 1. The van der Waals surface area contributed by atoms with Crippen LogP contribution in [0, 0.1) is 0 Å². The minimum atomic E-state index is -3.43. The fraction of sp³-hybridized carbons (Fsp3) is 0.375. The summed E-state index contributed by atoms with van der Waals surface area (Å²) in [4.78, 5) is 18.2. The zero-order chi connectivity index (χ0) is 11.5. The number of nitrogens with one attached hydrogen (secondary N) is 1. The second kappa shape index (κ2) is 4.48. The number of carbonyl (C=O) groups excluding carboxylic acids is 1. The average Bonchev–Trinajstić information content (AvgIpc) is 2.21. The van der Waals surface area contributed by atoms with E-state index in [1.165, 1.54) is 19.3 Å². The van der Waals surface area contributed by atoms with E-state index in [-0.39, 0.29) is 11.0 Å². The van der Waals surface area contributed by atoms with E-state index < -0.39 is 18.3 Å². The van der Waals surface area contributed by atoms with Crippen LogP contribution in [0.25, 0.3) is 0 Å². The molecular formula is C8H8ClF2N3O. The van der Waals surface area contributed by atoms with Gasteiger partial charge in [0.15, 0.2) is 11.0 Å². The van der Waals surface area contributed by atoms with Crippen LogP contribution in [-0.2, 0) is 4.79 Å². The number of aromatic nitrogens is 2. The molecule has 1 N–H and O–H groups in total. The molecular weight excluding hydrogens is 228 g/mol. The van der Waals surface area contributed by atoms with Crippen molar-refractivity contribution in [3.05, 3.63) is 17.5 Å².